The van der Waals surface area contributed by atoms with Gasteiger partial charge in [0.05, 0.1) is 6.20 Å². The summed E-state index contributed by atoms with van der Waals surface area (Å²) in [6.07, 6.45) is 5.20. The van der Waals surface area contributed by atoms with Crippen LogP contribution >= 0.6 is 0 Å². The number of hydrogen-bond donors (Lipinski definition) is 1. The van der Waals surface area contributed by atoms with Crippen molar-refractivity contribution in [2.75, 3.05) is 18.5 Å². The topological polar surface area (TPSA) is 60.7 Å². The van der Waals surface area contributed by atoms with Crippen LogP contribution in [0.4, 0.5) is 15.9 Å². The second kappa shape index (κ2) is 6.28. The number of imidazole rings is 1. The summed E-state index contributed by atoms with van der Waals surface area (Å²) in [5.74, 6) is 1.90. The third-order valence-corrected chi connectivity index (χ3v) is 4.35. The maximum Gasteiger partial charge on any atom is 0.163 e. The van der Waals surface area contributed by atoms with Crippen molar-refractivity contribution in [3.63, 3.8) is 0 Å². The second-order valence-corrected chi connectivity index (χ2v) is 6.10. The van der Waals surface area contributed by atoms with Crippen LogP contribution in [0, 0.1) is 5.82 Å². The molecular weight excluding hydrogens is 347 g/mol. The molecule has 1 N–H and O–H groups in total. The highest BCUT2D eigenvalue weighted by Gasteiger charge is 2.17. The number of rotatable bonds is 3. The van der Waals surface area contributed by atoms with Crippen LogP contribution in [0.2, 0.25) is 0 Å². The smallest absolute Gasteiger partial charge is 0.163 e. The quantitative estimate of drug-likeness (QED) is 0.596. The van der Waals surface area contributed by atoms with Crippen molar-refractivity contribution in [1.29, 1.82) is 0 Å². The average Bonchev–Trinajstić information content (AvgIpc) is 3.07. The van der Waals surface area contributed by atoms with E-state index >= 15 is 0 Å². The Morgan fingerprint density at radius 2 is 1.81 bits per heavy atom. The minimum atomic E-state index is -0.287. The van der Waals surface area contributed by atoms with E-state index in [4.69, 9.17) is 9.47 Å². The number of nitrogens with one attached hydrogen (secondary N) is 1. The Morgan fingerprint density at radius 3 is 2.67 bits per heavy atom. The van der Waals surface area contributed by atoms with E-state index in [1.54, 1.807) is 24.5 Å². The molecule has 0 bridgehead atoms. The molecule has 0 amide bonds. The Hall–Kier alpha value is -3.61. The van der Waals surface area contributed by atoms with E-state index < -0.39 is 0 Å². The molecule has 134 valence electrons. The lowest BCUT2D eigenvalue weighted by Gasteiger charge is -2.19. The summed E-state index contributed by atoms with van der Waals surface area (Å²) in [6.45, 7) is 1.08. The van der Waals surface area contributed by atoms with Gasteiger partial charge in [-0.3, -0.25) is 9.38 Å². The van der Waals surface area contributed by atoms with Crippen LogP contribution in [-0.2, 0) is 0 Å². The van der Waals surface area contributed by atoms with Crippen LogP contribution in [-0.4, -0.2) is 27.6 Å². The van der Waals surface area contributed by atoms with Gasteiger partial charge in [0.25, 0.3) is 0 Å². The number of anilines is 2. The number of nitrogens with zero attached hydrogens (tertiary/aromatic N) is 3. The minimum absolute atomic E-state index is 0.287. The van der Waals surface area contributed by atoms with Crippen LogP contribution < -0.4 is 14.8 Å². The van der Waals surface area contributed by atoms with Crippen molar-refractivity contribution in [3.8, 4) is 22.8 Å². The first kappa shape index (κ1) is 15.6. The van der Waals surface area contributed by atoms with Gasteiger partial charge in [0.2, 0.25) is 0 Å². The van der Waals surface area contributed by atoms with Gasteiger partial charge in [-0.05, 0) is 36.4 Å². The van der Waals surface area contributed by atoms with Gasteiger partial charge in [-0.15, -0.1) is 0 Å². The van der Waals surface area contributed by atoms with Gasteiger partial charge in [-0.2, -0.15) is 0 Å². The predicted octanol–water partition coefficient (Wildman–Crippen LogP) is 4.05. The highest BCUT2D eigenvalue weighted by atomic mass is 19.1. The van der Waals surface area contributed by atoms with E-state index in [0.29, 0.717) is 30.3 Å². The molecule has 5 rings (SSSR count). The van der Waals surface area contributed by atoms with Crippen LogP contribution in [0.25, 0.3) is 16.9 Å². The predicted molar refractivity (Wildman–Crippen MR) is 99.1 cm³/mol. The zero-order valence-corrected chi connectivity index (χ0v) is 14.2. The van der Waals surface area contributed by atoms with Gasteiger partial charge in [0, 0.05) is 29.7 Å². The molecule has 3 heterocycles. The number of fused-ring (bicyclic) bond motifs is 2. The molecule has 0 atom stereocenters. The van der Waals surface area contributed by atoms with Crippen LogP contribution in [0.3, 0.4) is 0 Å². The van der Waals surface area contributed by atoms with Gasteiger partial charge in [0.1, 0.15) is 30.5 Å². The highest BCUT2D eigenvalue weighted by Crippen LogP contribution is 2.36. The lowest BCUT2D eigenvalue weighted by Crippen LogP contribution is -2.15. The van der Waals surface area contributed by atoms with Crippen molar-refractivity contribution in [1.82, 2.24) is 14.4 Å². The first-order chi connectivity index (χ1) is 13.3. The summed E-state index contributed by atoms with van der Waals surface area (Å²) in [5.41, 5.74) is 3.04. The summed E-state index contributed by atoms with van der Waals surface area (Å²) >= 11 is 0. The Morgan fingerprint density at radius 1 is 1.00 bits per heavy atom. The molecule has 0 saturated heterocycles. The molecule has 0 saturated carbocycles. The number of hydrogen-bond acceptors (Lipinski definition) is 5. The monoisotopic (exact) mass is 362 g/mol. The zero-order valence-electron chi connectivity index (χ0n) is 14.2. The Balaban J connectivity index is 1.61. The van der Waals surface area contributed by atoms with Crippen LogP contribution in [0.1, 0.15) is 0 Å². The largest absolute Gasteiger partial charge is 0.486 e. The molecule has 0 unspecified atom stereocenters. The van der Waals surface area contributed by atoms with E-state index in [1.165, 1.54) is 12.1 Å². The molecule has 4 aromatic rings. The number of halogens is 1. The fourth-order valence-corrected chi connectivity index (χ4v) is 3.09. The standard InChI is InChI=1S/C20H15FN4O2/c21-14-3-1-13(2-4-14)19-20(25-8-7-22-12-18(25)24-19)23-15-5-6-16-17(11-15)27-10-9-26-16/h1-8,11-12,23H,9-10H2. The van der Waals surface area contributed by atoms with Crippen LogP contribution in [0.15, 0.2) is 61.1 Å². The van der Waals surface area contributed by atoms with Gasteiger partial charge in [-0.1, -0.05) is 0 Å². The molecule has 6 nitrogen and oxygen atoms in total. The maximum absolute atomic E-state index is 13.3. The molecule has 2 aromatic carbocycles. The van der Waals surface area contributed by atoms with Gasteiger partial charge >= 0.3 is 0 Å². The fraction of sp³-hybridized carbons (Fsp3) is 0.100. The first-order valence-electron chi connectivity index (χ1n) is 8.53. The molecule has 0 spiro atoms. The number of ether oxygens (including phenoxy) is 2. The van der Waals surface area contributed by atoms with Crippen molar-refractivity contribution >= 4 is 17.2 Å². The van der Waals surface area contributed by atoms with Crippen LogP contribution in [0.5, 0.6) is 11.5 Å². The van der Waals surface area contributed by atoms with E-state index in [-0.39, 0.29) is 5.82 Å². The highest BCUT2D eigenvalue weighted by molar-refractivity contribution is 5.80. The average molecular weight is 362 g/mol. The molecule has 0 fully saturated rings. The Labute approximate surface area is 154 Å². The molecule has 2 aromatic heterocycles. The van der Waals surface area contributed by atoms with Crippen molar-refractivity contribution < 1.29 is 13.9 Å². The normalized spacial score (nSPS) is 12.9. The first-order valence-corrected chi connectivity index (χ1v) is 8.53. The maximum atomic E-state index is 13.3. The third kappa shape index (κ3) is 2.83. The number of aromatic nitrogens is 3. The van der Waals surface area contributed by atoms with E-state index in [1.807, 2.05) is 28.8 Å². The molecule has 27 heavy (non-hydrogen) atoms. The lowest BCUT2D eigenvalue weighted by molar-refractivity contribution is 0.171. The fourth-order valence-electron chi connectivity index (χ4n) is 3.09. The molecule has 1 aliphatic rings. The molecule has 7 heteroatoms. The molecule has 0 radical (unpaired) electrons. The van der Waals surface area contributed by atoms with E-state index in [0.717, 1.165) is 22.8 Å². The minimum Gasteiger partial charge on any atom is -0.486 e. The van der Waals surface area contributed by atoms with Gasteiger partial charge < -0.3 is 14.8 Å². The Kier molecular flexibility index (Phi) is 3.64. The second-order valence-electron chi connectivity index (χ2n) is 6.10. The lowest BCUT2D eigenvalue weighted by atomic mass is 10.1. The third-order valence-electron chi connectivity index (χ3n) is 4.35. The van der Waals surface area contributed by atoms with Crippen molar-refractivity contribution in [3.05, 3.63) is 66.9 Å². The van der Waals surface area contributed by atoms with E-state index in [9.17, 15) is 4.39 Å². The van der Waals surface area contributed by atoms with E-state index in [2.05, 4.69) is 15.3 Å². The molecular formula is C20H15FN4O2. The van der Waals surface area contributed by atoms with Crippen molar-refractivity contribution in [2.24, 2.45) is 0 Å². The SMILES string of the molecule is Fc1ccc(-c2nc3cnccn3c2Nc2ccc3c(c2)OCCO3)cc1. The summed E-state index contributed by atoms with van der Waals surface area (Å²) in [6, 6.07) is 11.9. The summed E-state index contributed by atoms with van der Waals surface area (Å²) in [4.78, 5) is 8.79. The number of benzene rings is 2. The Bertz CT molecular complexity index is 1120. The molecule has 1 aliphatic heterocycles. The summed E-state index contributed by atoms with van der Waals surface area (Å²) < 4.78 is 26.5. The molecule has 0 aliphatic carbocycles. The van der Waals surface area contributed by atoms with Gasteiger partial charge in [-0.25, -0.2) is 9.37 Å². The summed E-state index contributed by atoms with van der Waals surface area (Å²) in [7, 11) is 0. The van der Waals surface area contributed by atoms with Gasteiger partial charge in [0.15, 0.2) is 17.1 Å². The van der Waals surface area contributed by atoms with Crippen molar-refractivity contribution in [2.45, 2.75) is 0 Å². The summed E-state index contributed by atoms with van der Waals surface area (Å²) in [5, 5.41) is 3.40. The zero-order chi connectivity index (χ0) is 18.2.